The maximum atomic E-state index is 11.5. The summed E-state index contributed by atoms with van der Waals surface area (Å²) in [6.45, 7) is 0.439. The van der Waals surface area contributed by atoms with Gasteiger partial charge in [-0.1, -0.05) is 0 Å². The Bertz CT molecular complexity index is 226. The van der Waals surface area contributed by atoms with Crippen LogP contribution in [0.3, 0.4) is 0 Å². The molecule has 1 aliphatic carbocycles. The molecule has 14 heavy (non-hydrogen) atoms. The van der Waals surface area contributed by atoms with Gasteiger partial charge in [0.05, 0.1) is 0 Å². The first kappa shape index (κ1) is 11.0. The minimum atomic E-state index is -0.935. The summed E-state index contributed by atoms with van der Waals surface area (Å²) < 4.78 is 0. The van der Waals surface area contributed by atoms with Crippen LogP contribution in [0.4, 0.5) is 0 Å². The average molecular weight is 200 g/mol. The molecule has 0 aromatic carbocycles. The Balaban J connectivity index is 2.40. The van der Waals surface area contributed by atoms with Crippen LogP contribution in [0.15, 0.2) is 0 Å². The number of hydrogen-bond donors (Lipinski definition) is 2. The van der Waals surface area contributed by atoms with Gasteiger partial charge in [-0.25, -0.2) is 0 Å². The third kappa shape index (κ3) is 3.33. The lowest BCUT2D eigenvalue weighted by molar-refractivity contribution is -0.144. The third-order valence-electron chi connectivity index (χ3n) is 2.20. The lowest BCUT2D eigenvalue weighted by Gasteiger charge is -2.19. The van der Waals surface area contributed by atoms with Crippen LogP contribution in [0.25, 0.3) is 0 Å². The van der Waals surface area contributed by atoms with Gasteiger partial charge >= 0.3 is 5.97 Å². The monoisotopic (exact) mass is 200 g/mol. The van der Waals surface area contributed by atoms with Gasteiger partial charge in [0, 0.05) is 19.0 Å². The van der Waals surface area contributed by atoms with Crippen molar-refractivity contribution in [2.75, 3.05) is 20.1 Å². The Labute approximate surface area is 83.1 Å². The summed E-state index contributed by atoms with van der Waals surface area (Å²) >= 11 is 0. The second-order valence-corrected chi connectivity index (χ2v) is 3.50. The molecule has 1 saturated carbocycles. The van der Waals surface area contributed by atoms with Gasteiger partial charge in [-0.15, -0.1) is 0 Å². The molecule has 0 aromatic rings. The second-order valence-electron chi connectivity index (χ2n) is 3.50. The minimum absolute atomic E-state index is 0.0655. The van der Waals surface area contributed by atoms with Crippen molar-refractivity contribution < 1.29 is 14.7 Å². The van der Waals surface area contributed by atoms with E-state index < -0.39 is 5.97 Å². The highest BCUT2D eigenvalue weighted by molar-refractivity contribution is 5.82. The van der Waals surface area contributed by atoms with Crippen LogP contribution in [0.2, 0.25) is 0 Å². The molecule has 5 nitrogen and oxygen atoms in total. The van der Waals surface area contributed by atoms with Crippen molar-refractivity contribution >= 4 is 11.9 Å². The summed E-state index contributed by atoms with van der Waals surface area (Å²) in [5, 5.41) is 11.5. The Kier molecular flexibility index (Phi) is 3.88. The highest BCUT2D eigenvalue weighted by Gasteiger charge is 2.33. The number of hydrogen-bond acceptors (Lipinski definition) is 3. The number of carbonyl (C=O) groups is 2. The molecule has 0 bridgehead atoms. The zero-order chi connectivity index (χ0) is 10.6. The normalized spacial score (nSPS) is 15.2. The molecule has 0 saturated heterocycles. The highest BCUT2D eigenvalue weighted by Crippen LogP contribution is 2.26. The topological polar surface area (TPSA) is 69.6 Å². The van der Waals surface area contributed by atoms with Crippen molar-refractivity contribution in [1.82, 2.24) is 10.2 Å². The summed E-state index contributed by atoms with van der Waals surface area (Å²) in [4.78, 5) is 23.5. The van der Waals surface area contributed by atoms with Gasteiger partial charge in [-0.05, 0) is 19.9 Å². The molecule has 0 radical (unpaired) electrons. The number of amides is 1. The largest absolute Gasteiger partial charge is 0.480 e. The van der Waals surface area contributed by atoms with E-state index in [9.17, 15) is 9.59 Å². The van der Waals surface area contributed by atoms with E-state index in [1.807, 2.05) is 0 Å². The molecule has 0 unspecified atom stereocenters. The van der Waals surface area contributed by atoms with E-state index in [0.29, 0.717) is 13.0 Å². The predicted molar refractivity (Wildman–Crippen MR) is 50.9 cm³/mol. The van der Waals surface area contributed by atoms with Crippen molar-refractivity contribution in [3.05, 3.63) is 0 Å². The molecule has 1 aliphatic rings. The van der Waals surface area contributed by atoms with Gasteiger partial charge in [0.25, 0.3) is 0 Å². The first-order valence-corrected chi connectivity index (χ1v) is 4.81. The fourth-order valence-electron chi connectivity index (χ4n) is 1.33. The number of nitrogens with zero attached hydrogens (tertiary/aromatic N) is 1. The number of carboxylic acids is 1. The molecule has 5 heteroatoms. The Morgan fingerprint density at radius 1 is 1.50 bits per heavy atom. The summed E-state index contributed by atoms with van der Waals surface area (Å²) in [5.74, 6) is -1.00. The van der Waals surface area contributed by atoms with Crippen LogP contribution in [-0.4, -0.2) is 48.1 Å². The standard InChI is InChI=1S/C9H16N2O3/c1-10-5-4-8(12)11(6-9(13)14)7-2-3-7/h7,10H,2-6H2,1H3,(H,13,14). The van der Waals surface area contributed by atoms with Crippen LogP contribution in [0.1, 0.15) is 19.3 Å². The summed E-state index contributed by atoms with van der Waals surface area (Å²) in [6, 6.07) is 0.176. The van der Waals surface area contributed by atoms with E-state index in [2.05, 4.69) is 5.32 Å². The third-order valence-corrected chi connectivity index (χ3v) is 2.20. The Morgan fingerprint density at radius 3 is 2.57 bits per heavy atom. The smallest absolute Gasteiger partial charge is 0.323 e. The van der Waals surface area contributed by atoms with E-state index in [1.54, 1.807) is 7.05 Å². The van der Waals surface area contributed by atoms with Crippen LogP contribution in [-0.2, 0) is 9.59 Å². The van der Waals surface area contributed by atoms with Crippen LogP contribution in [0, 0.1) is 0 Å². The van der Waals surface area contributed by atoms with E-state index in [1.165, 1.54) is 4.90 Å². The molecular weight excluding hydrogens is 184 g/mol. The van der Waals surface area contributed by atoms with Crippen LogP contribution >= 0.6 is 0 Å². The molecule has 1 fully saturated rings. The van der Waals surface area contributed by atoms with Crippen molar-refractivity contribution in [1.29, 1.82) is 0 Å². The molecule has 2 N–H and O–H groups in total. The predicted octanol–water partition coefficient (Wildman–Crippen LogP) is -0.328. The summed E-state index contributed by atoms with van der Waals surface area (Å²) in [7, 11) is 1.77. The van der Waals surface area contributed by atoms with Gasteiger partial charge in [0.2, 0.25) is 5.91 Å². The van der Waals surface area contributed by atoms with Gasteiger partial charge in [0.15, 0.2) is 0 Å². The molecule has 0 heterocycles. The number of nitrogens with one attached hydrogen (secondary N) is 1. The fraction of sp³-hybridized carbons (Fsp3) is 0.778. The zero-order valence-electron chi connectivity index (χ0n) is 8.32. The molecule has 1 amide bonds. The number of carbonyl (C=O) groups excluding carboxylic acids is 1. The lowest BCUT2D eigenvalue weighted by atomic mass is 10.3. The molecule has 0 aliphatic heterocycles. The maximum Gasteiger partial charge on any atom is 0.323 e. The van der Waals surface area contributed by atoms with E-state index in [4.69, 9.17) is 5.11 Å². The van der Waals surface area contributed by atoms with Gasteiger partial charge in [-0.3, -0.25) is 9.59 Å². The summed E-state index contributed by atoms with van der Waals surface area (Å²) in [5.41, 5.74) is 0. The molecule has 0 spiro atoms. The summed E-state index contributed by atoms with van der Waals surface area (Å²) in [6.07, 6.45) is 2.26. The van der Waals surface area contributed by atoms with Crippen molar-refractivity contribution in [2.24, 2.45) is 0 Å². The SMILES string of the molecule is CNCCC(=O)N(CC(=O)O)C1CC1. The molecule has 0 aromatic heterocycles. The first-order valence-electron chi connectivity index (χ1n) is 4.81. The number of carboxylic acid groups (broad SMARTS) is 1. The van der Waals surface area contributed by atoms with E-state index in [-0.39, 0.29) is 18.5 Å². The van der Waals surface area contributed by atoms with Crippen molar-refractivity contribution in [2.45, 2.75) is 25.3 Å². The zero-order valence-corrected chi connectivity index (χ0v) is 8.32. The number of rotatable bonds is 6. The highest BCUT2D eigenvalue weighted by atomic mass is 16.4. The lowest BCUT2D eigenvalue weighted by Crippen LogP contribution is -2.38. The minimum Gasteiger partial charge on any atom is -0.480 e. The Hall–Kier alpha value is -1.10. The van der Waals surface area contributed by atoms with Gasteiger partial charge in [-0.2, -0.15) is 0 Å². The van der Waals surface area contributed by atoms with E-state index in [0.717, 1.165) is 12.8 Å². The molecule has 80 valence electrons. The maximum absolute atomic E-state index is 11.5. The number of aliphatic carboxylic acids is 1. The molecule has 0 atom stereocenters. The molecular formula is C9H16N2O3. The van der Waals surface area contributed by atoms with Crippen LogP contribution < -0.4 is 5.32 Å². The second kappa shape index (κ2) is 4.95. The average Bonchev–Trinajstić information content (AvgIpc) is 2.93. The Morgan fingerprint density at radius 2 is 2.14 bits per heavy atom. The van der Waals surface area contributed by atoms with Gasteiger partial charge in [0.1, 0.15) is 6.54 Å². The molecule has 1 rings (SSSR count). The quantitative estimate of drug-likeness (QED) is 0.616. The van der Waals surface area contributed by atoms with Gasteiger partial charge < -0.3 is 15.3 Å². The van der Waals surface area contributed by atoms with Crippen molar-refractivity contribution in [3.63, 3.8) is 0 Å². The first-order chi connectivity index (χ1) is 6.65. The van der Waals surface area contributed by atoms with Crippen molar-refractivity contribution in [3.8, 4) is 0 Å². The van der Waals surface area contributed by atoms with E-state index >= 15 is 0 Å². The van der Waals surface area contributed by atoms with Crippen LogP contribution in [0.5, 0.6) is 0 Å². The fourth-order valence-corrected chi connectivity index (χ4v) is 1.33.